The van der Waals surface area contributed by atoms with E-state index in [0.717, 1.165) is 0 Å². The van der Waals surface area contributed by atoms with Crippen molar-refractivity contribution in [2.45, 2.75) is 36.7 Å². The first kappa shape index (κ1) is 22.7. The molecular weight excluding hydrogens is 442 g/mol. The number of rotatable bonds is 10. The van der Waals surface area contributed by atoms with Gasteiger partial charge >= 0.3 is 0 Å². The van der Waals surface area contributed by atoms with E-state index in [1.54, 1.807) is 37.5 Å². The summed E-state index contributed by atoms with van der Waals surface area (Å²) in [6.45, 7) is 2.12. The predicted molar refractivity (Wildman–Crippen MR) is 117 cm³/mol. The lowest BCUT2D eigenvalue weighted by atomic mass is 10.3. The van der Waals surface area contributed by atoms with Crippen LogP contribution in [0.1, 0.15) is 24.9 Å². The van der Waals surface area contributed by atoms with Gasteiger partial charge in [-0.05, 0) is 37.3 Å². The van der Waals surface area contributed by atoms with Gasteiger partial charge in [0.2, 0.25) is 11.8 Å². The summed E-state index contributed by atoms with van der Waals surface area (Å²) in [5.41, 5.74) is 5.75. The molecule has 3 rings (SSSR count). The number of amides is 2. The van der Waals surface area contributed by atoms with E-state index in [1.807, 2.05) is 10.6 Å². The third kappa shape index (κ3) is 6.02. The van der Waals surface area contributed by atoms with E-state index in [2.05, 4.69) is 15.5 Å². The van der Waals surface area contributed by atoms with Crippen molar-refractivity contribution < 1.29 is 18.7 Å². The number of aryl methyl sites for hydroxylation is 1. The highest BCUT2D eigenvalue weighted by molar-refractivity contribution is 8.00. The number of hydrogen-bond donors (Lipinski definition) is 2. The quantitative estimate of drug-likeness (QED) is 0.442. The number of methoxy groups -OCH3 is 1. The molecule has 0 saturated carbocycles. The van der Waals surface area contributed by atoms with Crippen molar-refractivity contribution in [3.8, 4) is 5.75 Å². The number of nitrogens with zero attached hydrogens (tertiary/aromatic N) is 3. The van der Waals surface area contributed by atoms with Crippen LogP contribution in [0.4, 0.5) is 5.69 Å². The number of carbonyl (C=O) groups is 2. The molecule has 1 atom stereocenters. The van der Waals surface area contributed by atoms with Gasteiger partial charge in [-0.25, -0.2) is 0 Å². The van der Waals surface area contributed by atoms with Crippen molar-refractivity contribution in [2.75, 3.05) is 12.4 Å². The van der Waals surface area contributed by atoms with Crippen LogP contribution in [-0.4, -0.2) is 38.9 Å². The van der Waals surface area contributed by atoms with Crippen LogP contribution in [0.25, 0.3) is 0 Å². The minimum atomic E-state index is -0.507. The number of hydrogen-bond acceptors (Lipinski definition) is 7. The lowest BCUT2D eigenvalue weighted by Gasteiger charge is -2.15. The van der Waals surface area contributed by atoms with Gasteiger partial charge in [0.15, 0.2) is 5.16 Å². The van der Waals surface area contributed by atoms with Gasteiger partial charge in [-0.15, -0.1) is 10.2 Å². The molecule has 0 saturated heterocycles. The Morgan fingerprint density at radius 1 is 1.35 bits per heavy atom. The molecule has 2 amide bonds. The van der Waals surface area contributed by atoms with Crippen LogP contribution >= 0.6 is 23.4 Å². The van der Waals surface area contributed by atoms with Crippen LogP contribution in [0.2, 0.25) is 5.02 Å². The van der Waals surface area contributed by atoms with Gasteiger partial charge in [-0.2, -0.15) is 0 Å². The monoisotopic (exact) mass is 463 g/mol. The van der Waals surface area contributed by atoms with Crippen molar-refractivity contribution in [3.05, 3.63) is 53.2 Å². The normalized spacial score (nSPS) is 11.8. The van der Waals surface area contributed by atoms with Crippen molar-refractivity contribution in [3.63, 3.8) is 0 Å². The Labute approximate surface area is 188 Å². The highest BCUT2D eigenvalue weighted by atomic mass is 35.5. The van der Waals surface area contributed by atoms with Gasteiger partial charge in [0.05, 0.1) is 30.9 Å². The fourth-order valence-electron chi connectivity index (χ4n) is 2.77. The molecule has 2 aromatic heterocycles. The summed E-state index contributed by atoms with van der Waals surface area (Å²) in [6.07, 6.45) is 2.06. The molecule has 164 valence electrons. The number of halogens is 1. The summed E-state index contributed by atoms with van der Waals surface area (Å²) < 4.78 is 12.5. The fraction of sp³-hybridized carbons (Fsp3) is 0.300. The first-order valence-electron chi connectivity index (χ1n) is 9.41. The van der Waals surface area contributed by atoms with Crippen LogP contribution in [-0.2, 0) is 22.6 Å². The molecular formula is C20H22ClN5O4S. The first-order valence-corrected chi connectivity index (χ1v) is 10.7. The van der Waals surface area contributed by atoms with E-state index in [9.17, 15) is 9.59 Å². The van der Waals surface area contributed by atoms with Gasteiger partial charge in [0.1, 0.15) is 17.3 Å². The summed E-state index contributed by atoms with van der Waals surface area (Å²) in [6, 6.07) is 8.59. The van der Waals surface area contributed by atoms with Crippen LogP contribution in [0, 0.1) is 0 Å². The third-order valence-corrected chi connectivity index (χ3v) is 5.67. The maximum Gasteiger partial charge on any atom is 0.237 e. The van der Waals surface area contributed by atoms with Crippen molar-refractivity contribution in [1.82, 2.24) is 14.8 Å². The maximum absolute atomic E-state index is 12.8. The molecule has 3 aromatic rings. The molecule has 2 heterocycles. The van der Waals surface area contributed by atoms with Gasteiger partial charge in [-0.1, -0.05) is 23.4 Å². The van der Waals surface area contributed by atoms with Crippen molar-refractivity contribution in [2.24, 2.45) is 5.73 Å². The Bertz CT molecular complexity index is 1050. The standard InChI is InChI=1S/C20H22ClN5O4S/c1-12(19(28)23-15-10-13(21)5-6-16(15)29-2)31-20-25-24-18(8-7-17(22)27)26(20)11-14-4-3-9-30-14/h3-6,9-10,12H,7-8,11H2,1-2H3,(H2,22,27)(H,23,28). The second-order valence-electron chi connectivity index (χ2n) is 6.62. The highest BCUT2D eigenvalue weighted by Crippen LogP contribution is 2.30. The van der Waals surface area contributed by atoms with Crippen LogP contribution < -0.4 is 15.8 Å². The molecule has 9 nitrogen and oxygen atoms in total. The third-order valence-electron chi connectivity index (χ3n) is 4.35. The minimum Gasteiger partial charge on any atom is -0.495 e. The van der Waals surface area contributed by atoms with E-state index >= 15 is 0 Å². The Morgan fingerprint density at radius 3 is 2.84 bits per heavy atom. The van der Waals surface area contributed by atoms with Gasteiger partial charge in [0, 0.05) is 17.9 Å². The number of ether oxygens (including phenoxy) is 1. The molecule has 0 aliphatic carbocycles. The van der Waals surface area contributed by atoms with E-state index < -0.39 is 11.2 Å². The highest BCUT2D eigenvalue weighted by Gasteiger charge is 2.22. The number of benzene rings is 1. The average molecular weight is 464 g/mol. The van der Waals surface area contributed by atoms with E-state index in [-0.39, 0.29) is 12.3 Å². The molecule has 1 aromatic carbocycles. The predicted octanol–water partition coefficient (Wildman–Crippen LogP) is 3.12. The van der Waals surface area contributed by atoms with Crippen molar-refractivity contribution in [1.29, 1.82) is 0 Å². The number of primary amides is 1. The molecule has 0 aliphatic rings. The zero-order valence-electron chi connectivity index (χ0n) is 17.0. The molecule has 31 heavy (non-hydrogen) atoms. The van der Waals surface area contributed by atoms with Gasteiger partial charge < -0.3 is 20.2 Å². The summed E-state index contributed by atoms with van der Waals surface area (Å²) in [7, 11) is 1.52. The smallest absolute Gasteiger partial charge is 0.237 e. The minimum absolute atomic E-state index is 0.144. The number of anilines is 1. The number of carbonyl (C=O) groups excluding carboxylic acids is 2. The van der Waals surface area contributed by atoms with Crippen LogP contribution in [0.5, 0.6) is 5.75 Å². The van der Waals surface area contributed by atoms with Gasteiger partial charge in [0.25, 0.3) is 0 Å². The largest absolute Gasteiger partial charge is 0.495 e. The molecule has 11 heteroatoms. The number of furan rings is 1. The summed E-state index contributed by atoms with van der Waals surface area (Å²) >= 11 is 7.27. The second kappa shape index (κ2) is 10.4. The lowest BCUT2D eigenvalue weighted by Crippen LogP contribution is -2.23. The Kier molecular flexibility index (Phi) is 7.59. The topological polar surface area (TPSA) is 125 Å². The molecule has 0 bridgehead atoms. The maximum atomic E-state index is 12.8. The molecule has 0 fully saturated rings. The summed E-state index contributed by atoms with van der Waals surface area (Å²) in [4.78, 5) is 24.0. The molecule has 0 aliphatic heterocycles. The number of nitrogens with two attached hydrogens (primary N) is 1. The van der Waals surface area contributed by atoms with Crippen LogP contribution in [0.15, 0.2) is 46.2 Å². The fourth-order valence-corrected chi connectivity index (χ4v) is 3.81. The zero-order chi connectivity index (χ0) is 22.4. The first-order chi connectivity index (χ1) is 14.9. The van der Waals surface area contributed by atoms with E-state index in [0.29, 0.717) is 46.2 Å². The van der Waals surface area contributed by atoms with E-state index in [1.165, 1.54) is 18.9 Å². The molecule has 0 radical (unpaired) electrons. The number of nitrogens with one attached hydrogen (secondary N) is 1. The molecule has 0 spiro atoms. The number of aromatic nitrogens is 3. The Balaban J connectivity index is 1.76. The van der Waals surface area contributed by atoms with Crippen molar-refractivity contribution >= 4 is 40.9 Å². The summed E-state index contributed by atoms with van der Waals surface area (Å²) in [5, 5.41) is 11.7. The second-order valence-corrected chi connectivity index (χ2v) is 8.37. The Hall–Kier alpha value is -2.98. The number of thioether (sulfide) groups is 1. The average Bonchev–Trinajstić information content (AvgIpc) is 3.37. The van der Waals surface area contributed by atoms with E-state index in [4.69, 9.17) is 26.5 Å². The Morgan fingerprint density at radius 2 is 2.16 bits per heavy atom. The molecule has 3 N–H and O–H groups in total. The zero-order valence-corrected chi connectivity index (χ0v) is 18.6. The van der Waals surface area contributed by atoms with Gasteiger partial charge in [-0.3, -0.25) is 14.2 Å². The summed E-state index contributed by atoms with van der Waals surface area (Å²) in [5.74, 6) is 1.11. The molecule has 1 unspecified atom stereocenters. The van der Waals surface area contributed by atoms with Crippen LogP contribution in [0.3, 0.4) is 0 Å². The lowest BCUT2D eigenvalue weighted by molar-refractivity contribution is -0.118. The SMILES string of the molecule is COc1ccc(Cl)cc1NC(=O)C(C)Sc1nnc(CCC(N)=O)n1Cc1ccco1.